The van der Waals surface area contributed by atoms with E-state index in [0.717, 1.165) is 51.2 Å². The topological polar surface area (TPSA) is 340 Å². The lowest BCUT2D eigenvalue weighted by molar-refractivity contribution is -0.138. The molecule has 4 aliphatic carbocycles. The molecular weight excluding hydrogens is 1380 g/mol. The van der Waals surface area contributed by atoms with Gasteiger partial charge in [-0.1, -0.05) is 145 Å². The summed E-state index contributed by atoms with van der Waals surface area (Å²) in [6.45, 7) is 0. The molecule has 12 N–H and O–H groups in total. The minimum atomic E-state index is -0.875. The summed E-state index contributed by atoms with van der Waals surface area (Å²) in [7, 11) is 2.66. The van der Waals surface area contributed by atoms with Crippen LogP contribution in [0.4, 0.5) is 17.6 Å². The van der Waals surface area contributed by atoms with Gasteiger partial charge in [0.05, 0.1) is 53.6 Å². The average molecular weight is 1450 g/mol. The molecule has 28 heteroatoms. The first-order valence-corrected chi connectivity index (χ1v) is 34.5. The molecule has 11 aromatic rings. The molecule has 0 aliphatic heterocycles. The van der Waals surface area contributed by atoms with Gasteiger partial charge in [-0.3, -0.25) is 28.1 Å². The summed E-state index contributed by atoms with van der Waals surface area (Å²) in [4.78, 5) is 36.3. The molecule has 0 saturated heterocycles. The van der Waals surface area contributed by atoms with E-state index in [4.69, 9.17) is 56.6 Å². The number of esters is 2. The zero-order chi connectivity index (χ0) is 68.0. The monoisotopic (exact) mass is 1450 g/mol. The zero-order valence-electron chi connectivity index (χ0n) is 52.2. The summed E-state index contributed by atoms with van der Waals surface area (Å²) in [6, 6.07) is 50.5. The van der Waals surface area contributed by atoms with Crippen molar-refractivity contribution in [2.75, 3.05) is 43.1 Å². The van der Waals surface area contributed by atoms with Gasteiger partial charge in [-0.15, -0.1) is 42.2 Å². The van der Waals surface area contributed by atoms with E-state index in [2.05, 4.69) is 206 Å². The number of nitrogens with two attached hydrogens (primary N) is 5. The fourth-order valence-corrected chi connectivity index (χ4v) is 13.5. The Morgan fingerprint density at radius 2 is 0.969 bits per heavy atom. The van der Waals surface area contributed by atoms with Crippen LogP contribution in [0.5, 0.6) is 0 Å². The average Bonchev–Trinajstić information content (AvgIpc) is 1.40. The van der Waals surface area contributed by atoms with Gasteiger partial charge in [-0.05, 0) is 183 Å². The van der Waals surface area contributed by atoms with Gasteiger partial charge in [0, 0.05) is 21.5 Å². The summed E-state index contributed by atoms with van der Waals surface area (Å²) >= 11 is 20.8. The van der Waals surface area contributed by atoms with E-state index in [0.29, 0.717) is 49.5 Å². The molecule has 494 valence electrons. The van der Waals surface area contributed by atoms with E-state index in [-0.39, 0.29) is 29.3 Å². The number of aliphatic carboxylic acids is 1. The van der Waals surface area contributed by atoms with Gasteiger partial charge in [0.15, 0.2) is 10.3 Å². The molecule has 0 spiro atoms. The third kappa shape index (κ3) is 17.1. The number of thioether (sulfide) groups is 2. The second kappa shape index (κ2) is 32.5. The van der Waals surface area contributed by atoms with Crippen LogP contribution < -0.4 is 28.8 Å². The number of guanidine groups is 1. The number of anilines is 2. The van der Waals surface area contributed by atoms with Crippen LogP contribution in [0.15, 0.2) is 171 Å². The summed E-state index contributed by atoms with van der Waals surface area (Å²) in [5.41, 5.74) is 30.8. The summed E-state index contributed by atoms with van der Waals surface area (Å²) < 4.78 is 15.4. The molecule has 0 radical (unpaired) electrons. The number of hydrazone groups is 1. The minimum absolute atomic E-state index is 0.0524. The molecule has 4 aliphatic rings. The van der Waals surface area contributed by atoms with Crippen molar-refractivity contribution in [2.45, 2.75) is 85.4 Å². The number of thiocarbonyl (C=S) groups is 1. The largest absolute Gasteiger partial charge is 0.481 e. The molecule has 0 atom stereocenters. The summed E-state index contributed by atoms with van der Waals surface area (Å²) in [5.74, 6) is 6.37. The SMILES string of the molecule is COC(=O)CCl.COC(=O)CSc1nnc(N)n1-c1ccc(C2CC2)c2ccccc12.NN=C(N)N.Nc1n[nH]c(=S)n1-c1ccc(C2CC2)c2ccccc12.O=C(O)CSc1nnc(Br)n1-c1ccc(C2CC2)c2ccccc12.S=C=Nc1ccc(C2CC2)c2ccccc12. The van der Waals surface area contributed by atoms with Crippen LogP contribution in [-0.2, 0) is 23.9 Å². The molecule has 4 saturated carbocycles. The highest BCUT2D eigenvalue weighted by Crippen LogP contribution is 2.48. The Hall–Kier alpha value is -9.21. The quantitative estimate of drug-likeness (QED) is 0.00733. The molecule has 22 nitrogen and oxygen atoms in total. The predicted octanol–water partition coefficient (Wildman–Crippen LogP) is 13.9. The fourth-order valence-electron chi connectivity index (χ4n) is 11.0. The Morgan fingerprint density at radius 1 is 0.583 bits per heavy atom. The lowest BCUT2D eigenvalue weighted by atomic mass is 9.99. The second-order valence-corrected chi connectivity index (χ2v) is 25.9. The molecule has 15 rings (SSSR count). The van der Waals surface area contributed by atoms with E-state index in [1.165, 1.54) is 132 Å². The van der Waals surface area contributed by atoms with E-state index in [9.17, 15) is 14.4 Å². The van der Waals surface area contributed by atoms with Gasteiger partial charge < -0.3 is 43.4 Å². The maximum Gasteiger partial charge on any atom is 0.320 e. The first-order chi connectivity index (χ1) is 46.6. The zero-order valence-corrected chi connectivity index (χ0v) is 57.8. The van der Waals surface area contributed by atoms with Crippen molar-refractivity contribution in [3.8, 4) is 17.1 Å². The van der Waals surface area contributed by atoms with Gasteiger partial charge in [0.1, 0.15) is 5.88 Å². The van der Waals surface area contributed by atoms with Crippen molar-refractivity contribution in [3.05, 3.63) is 177 Å². The van der Waals surface area contributed by atoms with Gasteiger partial charge in [0.2, 0.25) is 27.4 Å². The number of hydrogen-bond donors (Lipinski definition) is 7. The minimum Gasteiger partial charge on any atom is -0.481 e. The van der Waals surface area contributed by atoms with Crippen molar-refractivity contribution in [3.63, 3.8) is 0 Å². The fraction of sp³-hybridized carbons (Fsp3) is 0.250. The number of carboxylic acids is 1. The molecular formula is C68H68BrClN16O6S4. The Kier molecular flexibility index (Phi) is 23.6. The number of hydrogen-bond acceptors (Lipinski definition) is 19. The Labute approximate surface area is 584 Å². The first-order valence-electron chi connectivity index (χ1n) is 30.4. The van der Waals surface area contributed by atoms with Crippen molar-refractivity contribution < 1.29 is 29.0 Å². The number of nitrogen functional groups attached to an aromatic ring is 2. The van der Waals surface area contributed by atoms with Crippen LogP contribution in [0.25, 0.3) is 60.2 Å². The third-order valence-corrected chi connectivity index (χ3v) is 18.9. The van der Waals surface area contributed by atoms with Gasteiger partial charge in [-0.2, -0.15) is 4.99 Å². The molecule has 0 unspecified atom stereocenters. The second-order valence-electron chi connectivity index (χ2n) is 22.5. The number of halogens is 2. The lowest BCUT2D eigenvalue weighted by Crippen LogP contribution is -2.23. The molecule has 8 aromatic carbocycles. The number of benzene rings is 8. The maximum absolute atomic E-state index is 11.4. The number of aliphatic imine (C=N–C) groups is 1. The standard InChI is InChI=1S/C18H18N4O2S.C17H14BrN3O2S.C15H14N4S.C14H11NS.C3H5ClO2.CH6N4/c1-24-16(23)10-25-18-21-20-17(19)22(18)15-9-8-12(11-6-7-11)13-4-2-3-5-14(13)15;18-16-19-20-17(24-9-15(22)23)21(16)14-8-7-11(10-5-6-10)12-3-1-2-4-13(12)14;16-14-17-18-15(20)19(14)13-8-7-10(9-5-6-9)11-3-1-2-4-12(11)13;16-9-15-14-8-7-11(10-5-6-10)12-3-1-2-4-13(12)14;1-6-3(5)2-4;2-1(3)5-4/h2-5,8-9,11H,6-7,10H2,1H3,(H2,19,20);1-4,7-8,10H,5-6,9H2,(H,22,23);1-4,7-9H,5-6H2,(H2,16,17)(H,18,20);1-4,7-8,10H,5-6H2;2H2,1H3;4H2,(H4,2,3,5). The van der Waals surface area contributed by atoms with Crippen molar-refractivity contribution >= 4 is 165 Å². The number of nitrogens with one attached hydrogen (secondary N) is 1. The van der Waals surface area contributed by atoms with Gasteiger partial charge in [-0.25, -0.2) is 5.10 Å². The number of carboxylic acid groups (broad SMARTS) is 1. The van der Waals surface area contributed by atoms with Crippen LogP contribution in [0.3, 0.4) is 0 Å². The Bertz CT molecular complexity index is 4780. The number of nitrogens with zero attached hydrogens (tertiary/aromatic N) is 10. The normalized spacial score (nSPS) is 13.5. The summed E-state index contributed by atoms with van der Waals surface area (Å²) in [6.07, 6.45) is 10.2. The van der Waals surface area contributed by atoms with E-state index < -0.39 is 11.9 Å². The van der Waals surface area contributed by atoms with E-state index in [1.54, 1.807) is 9.13 Å². The lowest BCUT2D eigenvalue weighted by Gasteiger charge is -2.14. The van der Waals surface area contributed by atoms with E-state index >= 15 is 0 Å². The number of alkyl halides is 1. The number of carbonyl (C=O) groups excluding carboxylic acids is 2. The highest BCUT2D eigenvalue weighted by Gasteiger charge is 2.30. The number of ether oxygens (including phenoxy) is 2. The number of isothiocyanates is 1. The van der Waals surface area contributed by atoms with Crippen LogP contribution >= 0.6 is 75.5 Å². The van der Waals surface area contributed by atoms with Crippen molar-refractivity contribution in [2.24, 2.45) is 27.4 Å². The number of rotatable bonds is 15. The third-order valence-electron chi connectivity index (χ3n) is 16.0. The number of fused-ring (bicyclic) bond motifs is 4. The molecule has 0 bridgehead atoms. The van der Waals surface area contributed by atoms with Gasteiger partial charge in [0.25, 0.3) is 0 Å². The highest BCUT2D eigenvalue weighted by atomic mass is 79.9. The summed E-state index contributed by atoms with van der Waals surface area (Å²) in [5, 5.41) is 48.1. The molecule has 4 fully saturated rings. The molecule has 3 heterocycles. The van der Waals surface area contributed by atoms with Crippen LogP contribution in [0.1, 0.15) is 97.3 Å². The number of aromatic nitrogens is 9. The number of H-pyrrole nitrogens is 1. The first kappa shape index (κ1) is 69.6. The smallest absolute Gasteiger partial charge is 0.320 e. The molecule has 0 amide bonds. The van der Waals surface area contributed by atoms with Crippen LogP contribution in [-0.4, -0.2) is 110 Å². The number of methoxy groups -OCH3 is 2. The number of aromatic amines is 1. The Morgan fingerprint density at radius 3 is 1.35 bits per heavy atom. The highest BCUT2D eigenvalue weighted by molar-refractivity contribution is 9.10. The van der Waals surface area contributed by atoms with Crippen molar-refractivity contribution in [1.82, 2.24) is 44.3 Å². The van der Waals surface area contributed by atoms with Crippen LogP contribution in [0, 0.1) is 4.77 Å². The molecule has 96 heavy (non-hydrogen) atoms. The van der Waals surface area contributed by atoms with Gasteiger partial charge >= 0.3 is 17.9 Å². The Balaban J connectivity index is 0.000000133. The van der Waals surface area contributed by atoms with Crippen molar-refractivity contribution in [1.29, 1.82) is 0 Å². The van der Waals surface area contributed by atoms with E-state index in [1.807, 2.05) is 28.8 Å². The van der Waals surface area contributed by atoms with Crippen LogP contribution in [0.2, 0.25) is 0 Å². The predicted molar refractivity (Wildman–Crippen MR) is 391 cm³/mol. The number of carbonyl (C=O) groups is 3. The maximum atomic E-state index is 11.4. The molecule has 3 aromatic heterocycles.